The number of nitrogens with one attached hydrogen (secondary N) is 2. The van der Waals surface area contributed by atoms with Crippen LogP contribution in [0.15, 0.2) is 66.9 Å². The highest BCUT2D eigenvalue weighted by atomic mass is 16.5. The van der Waals surface area contributed by atoms with E-state index in [9.17, 15) is 4.79 Å². The summed E-state index contributed by atoms with van der Waals surface area (Å²) in [5.74, 6) is 0.458. The molecule has 10 heteroatoms. The summed E-state index contributed by atoms with van der Waals surface area (Å²) in [5.41, 5.74) is 5.55. The lowest BCUT2D eigenvalue weighted by Crippen LogP contribution is -2.38. The molecule has 2 aliphatic rings. The number of amides is 1. The van der Waals surface area contributed by atoms with E-state index in [1.54, 1.807) is 6.20 Å². The first-order valence-corrected chi connectivity index (χ1v) is 14.0. The Balaban J connectivity index is 1.08. The lowest BCUT2D eigenvalue weighted by atomic mass is 10.1. The van der Waals surface area contributed by atoms with Gasteiger partial charge >= 0.3 is 0 Å². The van der Waals surface area contributed by atoms with Gasteiger partial charge in [0.1, 0.15) is 0 Å². The molecule has 0 saturated carbocycles. The van der Waals surface area contributed by atoms with Crippen LogP contribution in [0.1, 0.15) is 16.8 Å². The maximum atomic E-state index is 12.6. The molecular weight excluding hydrogens is 506 g/mol. The predicted molar refractivity (Wildman–Crippen MR) is 155 cm³/mol. The van der Waals surface area contributed by atoms with Crippen molar-refractivity contribution in [3.63, 3.8) is 0 Å². The minimum atomic E-state index is -0.0537. The van der Waals surface area contributed by atoms with Crippen molar-refractivity contribution in [3.05, 3.63) is 72.4 Å². The number of carbonyl (C=O) groups is 1. The second kappa shape index (κ2) is 12.5. The Labute approximate surface area is 233 Å². The van der Waals surface area contributed by atoms with Gasteiger partial charge in [0.15, 0.2) is 0 Å². The molecule has 0 aliphatic carbocycles. The highest BCUT2D eigenvalue weighted by Crippen LogP contribution is 2.24. The Morgan fingerprint density at radius 1 is 0.850 bits per heavy atom. The molecule has 2 N–H and O–H groups in total. The van der Waals surface area contributed by atoms with Gasteiger partial charge in [-0.2, -0.15) is 0 Å². The van der Waals surface area contributed by atoms with Gasteiger partial charge in [0.05, 0.1) is 43.8 Å². The van der Waals surface area contributed by atoms with Gasteiger partial charge in [0.25, 0.3) is 5.91 Å². The SMILES string of the molecule is O=C(NCCCN1CCOCC1)c1ccc(-c2ccc3cnc(Nc4ccc(N5CCOCC5)cc4)nn23)cc1. The van der Waals surface area contributed by atoms with Gasteiger partial charge in [-0.25, -0.2) is 9.50 Å². The molecule has 2 aliphatic heterocycles. The van der Waals surface area contributed by atoms with Crippen LogP contribution in [-0.4, -0.2) is 91.1 Å². The van der Waals surface area contributed by atoms with Crippen LogP contribution >= 0.6 is 0 Å². The number of carbonyl (C=O) groups excluding carboxylic acids is 1. The molecule has 4 aromatic rings. The molecule has 0 bridgehead atoms. The zero-order chi connectivity index (χ0) is 27.1. The number of nitrogens with zero attached hydrogens (tertiary/aromatic N) is 5. The van der Waals surface area contributed by atoms with Crippen molar-refractivity contribution in [2.24, 2.45) is 0 Å². The smallest absolute Gasteiger partial charge is 0.251 e. The zero-order valence-corrected chi connectivity index (χ0v) is 22.6. The van der Waals surface area contributed by atoms with E-state index in [2.05, 4.69) is 37.6 Å². The Kier molecular flexibility index (Phi) is 8.17. The van der Waals surface area contributed by atoms with E-state index in [0.717, 1.165) is 88.0 Å². The number of aromatic nitrogens is 3. The quantitative estimate of drug-likeness (QED) is 0.311. The van der Waals surface area contributed by atoms with Gasteiger partial charge in [-0.3, -0.25) is 9.69 Å². The number of fused-ring (bicyclic) bond motifs is 1. The fraction of sp³-hybridized carbons (Fsp3) is 0.367. The summed E-state index contributed by atoms with van der Waals surface area (Å²) in [6.45, 7) is 8.49. The van der Waals surface area contributed by atoms with E-state index in [0.29, 0.717) is 18.1 Å². The first-order chi connectivity index (χ1) is 19.7. The van der Waals surface area contributed by atoms with E-state index in [1.807, 2.05) is 53.0 Å². The summed E-state index contributed by atoms with van der Waals surface area (Å²) in [6.07, 6.45) is 2.73. The number of ether oxygens (including phenoxy) is 2. The van der Waals surface area contributed by atoms with Gasteiger partial charge in [-0.15, -0.1) is 5.10 Å². The van der Waals surface area contributed by atoms with Gasteiger partial charge in [0, 0.05) is 55.2 Å². The van der Waals surface area contributed by atoms with Crippen molar-refractivity contribution in [2.75, 3.05) is 75.9 Å². The van der Waals surface area contributed by atoms with Crippen LogP contribution in [0.4, 0.5) is 17.3 Å². The van der Waals surface area contributed by atoms with E-state index in [1.165, 1.54) is 5.69 Å². The second-order valence-corrected chi connectivity index (χ2v) is 10.0. The summed E-state index contributed by atoms with van der Waals surface area (Å²) in [4.78, 5) is 21.8. The van der Waals surface area contributed by atoms with Crippen LogP contribution < -0.4 is 15.5 Å². The monoisotopic (exact) mass is 541 g/mol. The fourth-order valence-corrected chi connectivity index (χ4v) is 5.11. The molecule has 0 radical (unpaired) electrons. The van der Waals surface area contributed by atoms with Gasteiger partial charge in [-0.05, 0) is 61.5 Å². The van der Waals surface area contributed by atoms with Gasteiger partial charge in [-0.1, -0.05) is 12.1 Å². The van der Waals surface area contributed by atoms with Gasteiger partial charge < -0.3 is 25.0 Å². The van der Waals surface area contributed by atoms with Crippen LogP contribution in [0.3, 0.4) is 0 Å². The topological polar surface area (TPSA) is 96.3 Å². The van der Waals surface area contributed by atoms with Crippen LogP contribution in [0.25, 0.3) is 16.8 Å². The highest BCUT2D eigenvalue weighted by Gasteiger charge is 2.13. The lowest BCUT2D eigenvalue weighted by Gasteiger charge is -2.28. The van der Waals surface area contributed by atoms with Crippen molar-refractivity contribution in [1.29, 1.82) is 0 Å². The maximum Gasteiger partial charge on any atom is 0.251 e. The number of benzene rings is 2. The van der Waals surface area contributed by atoms with E-state index < -0.39 is 0 Å². The number of hydrogen-bond donors (Lipinski definition) is 2. The third-order valence-corrected chi connectivity index (χ3v) is 7.38. The number of hydrogen-bond acceptors (Lipinski definition) is 8. The summed E-state index contributed by atoms with van der Waals surface area (Å²) in [5, 5.41) is 11.1. The Morgan fingerprint density at radius 2 is 1.57 bits per heavy atom. The minimum Gasteiger partial charge on any atom is -0.379 e. The summed E-state index contributed by atoms with van der Waals surface area (Å²) < 4.78 is 12.7. The van der Waals surface area contributed by atoms with Crippen molar-refractivity contribution in [2.45, 2.75) is 6.42 Å². The predicted octanol–water partition coefficient (Wildman–Crippen LogP) is 3.43. The molecule has 0 unspecified atom stereocenters. The lowest BCUT2D eigenvalue weighted by molar-refractivity contribution is 0.0374. The van der Waals surface area contributed by atoms with Crippen LogP contribution in [-0.2, 0) is 9.47 Å². The summed E-state index contributed by atoms with van der Waals surface area (Å²) >= 11 is 0. The first-order valence-electron chi connectivity index (χ1n) is 14.0. The molecule has 0 spiro atoms. The Morgan fingerprint density at radius 3 is 2.33 bits per heavy atom. The fourth-order valence-electron chi connectivity index (χ4n) is 5.11. The Hall–Kier alpha value is -3.99. The summed E-state index contributed by atoms with van der Waals surface area (Å²) in [6, 6.07) is 20.0. The van der Waals surface area contributed by atoms with Crippen molar-refractivity contribution >= 4 is 28.7 Å². The van der Waals surface area contributed by atoms with Crippen molar-refractivity contribution in [1.82, 2.24) is 24.8 Å². The molecule has 2 saturated heterocycles. The zero-order valence-electron chi connectivity index (χ0n) is 22.6. The van der Waals surface area contributed by atoms with Crippen molar-refractivity contribution in [3.8, 4) is 11.3 Å². The van der Waals surface area contributed by atoms with Crippen molar-refractivity contribution < 1.29 is 14.3 Å². The third kappa shape index (κ3) is 6.25. The molecular formula is C30H35N7O3. The average molecular weight is 542 g/mol. The maximum absolute atomic E-state index is 12.6. The molecule has 208 valence electrons. The Bertz CT molecular complexity index is 1410. The number of anilines is 3. The van der Waals surface area contributed by atoms with Crippen LogP contribution in [0.2, 0.25) is 0 Å². The molecule has 6 rings (SSSR count). The van der Waals surface area contributed by atoms with Crippen LogP contribution in [0.5, 0.6) is 0 Å². The third-order valence-electron chi connectivity index (χ3n) is 7.38. The first kappa shape index (κ1) is 26.2. The molecule has 1 amide bonds. The molecule has 2 fully saturated rings. The standard InChI is InChI=1S/C30H35N7O3/c38-29(31-12-1-13-35-14-18-39-19-15-35)24-4-2-23(3-5-24)28-11-10-27-22-32-30(34-37(27)28)33-25-6-8-26(9-7-25)36-16-20-40-21-17-36/h2-11,22H,1,12-21H2,(H,31,38)(H,33,34). The average Bonchev–Trinajstić information content (AvgIpc) is 3.44. The highest BCUT2D eigenvalue weighted by molar-refractivity contribution is 5.94. The van der Waals surface area contributed by atoms with E-state index in [-0.39, 0.29) is 5.91 Å². The second-order valence-electron chi connectivity index (χ2n) is 10.0. The summed E-state index contributed by atoms with van der Waals surface area (Å²) in [7, 11) is 0. The molecule has 2 aromatic carbocycles. The molecule has 40 heavy (non-hydrogen) atoms. The number of morpholine rings is 2. The molecule has 4 heterocycles. The van der Waals surface area contributed by atoms with E-state index >= 15 is 0 Å². The van der Waals surface area contributed by atoms with Gasteiger partial charge in [0.2, 0.25) is 5.95 Å². The molecule has 0 atom stereocenters. The number of rotatable bonds is 9. The van der Waals surface area contributed by atoms with Crippen LogP contribution in [0, 0.1) is 0 Å². The van der Waals surface area contributed by atoms with E-state index in [4.69, 9.17) is 14.6 Å². The largest absolute Gasteiger partial charge is 0.379 e. The normalized spacial score (nSPS) is 16.2. The molecule has 2 aromatic heterocycles. The molecule has 10 nitrogen and oxygen atoms in total. The minimum absolute atomic E-state index is 0.0537.